The number of aromatic nitrogens is 1. The van der Waals surface area contributed by atoms with E-state index in [2.05, 4.69) is 41.9 Å². The number of hydrogen-bond acceptors (Lipinski definition) is 2. The zero-order valence-corrected chi connectivity index (χ0v) is 16.0. The van der Waals surface area contributed by atoms with Gasteiger partial charge < -0.3 is 14.8 Å². The van der Waals surface area contributed by atoms with E-state index in [0.29, 0.717) is 0 Å². The third kappa shape index (κ3) is 3.90. The van der Waals surface area contributed by atoms with Crippen molar-refractivity contribution in [3.05, 3.63) is 39.7 Å². The fourth-order valence-corrected chi connectivity index (χ4v) is 4.09. The summed E-state index contributed by atoms with van der Waals surface area (Å²) < 4.78 is 0. The van der Waals surface area contributed by atoms with Gasteiger partial charge in [0, 0.05) is 35.4 Å². The van der Waals surface area contributed by atoms with Gasteiger partial charge in [0.2, 0.25) is 0 Å². The number of aryl methyl sites for hydroxylation is 1. The van der Waals surface area contributed by atoms with E-state index in [0.717, 1.165) is 47.5 Å². The van der Waals surface area contributed by atoms with Gasteiger partial charge in [0.25, 0.3) is 0 Å². The molecule has 3 rings (SSSR count). The van der Waals surface area contributed by atoms with Crippen molar-refractivity contribution < 1.29 is 4.90 Å². The van der Waals surface area contributed by atoms with E-state index >= 15 is 0 Å². The van der Waals surface area contributed by atoms with Crippen LogP contribution in [0.15, 0.2) is 23.0 Å². The predicted molar refractivity (Wildman–Crippen MR) is 106 cm³/mol. The summed E-state index contributed by atoms with van der Waals surface area (Å²) in [5.74, 6) is 0. The highest BCUT2D eigenvalue weighted by Crippen LogP contribution is 2.20. The molecule has 0 spiro atoms. The Morgan fingerprint density at radius 3 is 2.40 bits per heavy atom. The number of likely N-dealkylation sites (tertiary alicyclic amines) is 1. The quantitative estimate of drug-likeness (QED) is 0.877. The average Bonchev–Trinajstić information content (AvgIpc) is 2.89. The summed E-state index contributed by atoms with van der Waals surface area (Å²) in [6.45, 7) is 11.5. The SMILES string of the molecule is CCN(CC)c1ccc2[nH]c(C)c(C[NH+]3CCCCCC3)c(=O)c2c1. The molecular formula is C21H32N3O+. The van der Waals surface area contributed by atoms with E-state index in [1.165, 1.54) is 38.8 Å². The van der Waals surface area contributed by atoms with Crippen molar-refractivity contribution in [2.45, 2.75) is 53.0 Å². The van der Waals surface area contributed by atoms with Crippen molar-refractivity contribution in [2.75, 3.05) is 31.1 Å². The highest BCUT2D eigenvalue weighted by Gasteiger charge is 2.18. The topological polar surface area (TPSA) is 40.5 Å². The Kier molecular flexibility index (Phi) is 5.79. The zero-order valence-electron chi connectivity index (χ0n) is 16.0. The fourth-order valence-electron chi connectivity index (χ4n) is 4.09. The molecule has 4 heteroatoms. The van der Waals surface area contributed by atoms with Gasteiger partial charge in [-0.15, -0.1) is 0 Å². The molecule has 0 atom stereocenters. The Bertz CT molecular complexity index is 769. The van der Waals surface area contributed by atoms with E-state index in [1.54, 1.807) is 4.90 Å². The first-order chi connectivity index (χ1) is 12.1. The second-order valence-electron chi connectivity index (χ2n) is 7.30. The standard InChI is InChI=1S/C21H31N3O/c1-4-24(5-2)17-10-11-20-18(14-17)21(25)19(16(3)22-20)15-23-12-8-6-7-9-13-23/h10-11,14H,4-9,12-13,15H2,1-3H3,(H,22,25)/p+1. The normalized spacial score (nSPS) is 16.1. The van der Waals surface area contributed by atoms with Crippen molar-refractivity contribution in [3.63, 3.8) is 0 Å². The molecule has 1 fully saturated rings. The summed E-state index contributed by atoms with van der Waals surface area (Å²) >= 11 is 0. The number of hydrogen-bond donors (Lipinski definition) is 2. The molecule has 1 aliphatic heterocycles. The third-order valence-electron chi connectivity index (χ3n) is 5.66. The molecule has 0 bridgehead atoms. The number of rotatable bonds is 5. The zero-order chi connectivity index (χ0) is 17.8. The van der Waals surface area contributed by atoms with Crippen LogP contribution in [0, 0.1) is 6.92 Å². The lowest BCUT2D eigenvalue weighted by molar-refractivity contribution is -0.913. The highest BCUT2D eigenvalue weighted by atomic mass is 16.1. The summed E-state index contributed by atoms with van der Waals surface area (Å²) in [5, 5.41) is 0.833. The van der Waals surface area contributed by atoms with Crippen LogP contribution in [-0.4, -0.2) is 31.2 Å². The lowest BCUT2D eigenvalue weighted by Gasteiger charge is -2.22. The monoisotopic (exact) mass is 342 g/mol. The van der Waals surface area contributed by atoms with E-state index in [1.807, 2.05) is 6.92 Å². The Labute approximate surface area is 150 Å². The highest BCUT2D eigenvalue weighted by molar-refractivity contribution is 5.83. The minimum absolute atomic E-state index is 0.219. The molecule has 0 aliphatic carbocycles. The molecule has 25 heavy (non-hydrogen) atoms. The Hall–Kier alpha value is -1.81. The van der Waals surface area contributed by atoms with Crippen molar-refractivity contribution in [3.8, 4) is 0 Å². The van der Waals surface area contributed by atoms with Crippen LogP contribution in [0.3, 0.4) is 0 Å². The van der Waals surface area contributed by atoms with Gasteiger partial charge in [-0.25, -0.2) is 0 Å². The lowest BCUT2D eigenvalue weighted by atomic mass is 10.1. The second-order valence-corrected chi connectivity index (χ2v) is 7.30. The molecule has 0 saturated carbocycles. The van der Waals surface area contributed by atoms with Gasteiger partial charge in [0.05, 0.1) is 18.7 Å². The number of H-pyrrole nitrogens is 1. The fraction of sp³-hybridized carbons (Fsp3) is 0.571. The summed E-state index contributed by atoms with van der Waals surface area (Å²) in [5.41, 5.74) is 4.32. The first kappa shape index (κ1) is 18.0. The molecule has 0 radical (unpaired) electrons. The maximum Gasteiger partial charge on any atom is 0.198 e. The van der Waals surface area contributed by atoms with Gasteiger partial charge in [0.1, 0.15) is 6.54 Å². The lowest BCUT2D eigenvalue weighted by Crippen LogP contribution is -3.10. The number of aromatic amines is 1. The van der Waals surface area contributed by atoms with Crippen molar-refractivity contribution in [1.29, 1.82) is 0 Å². The van der Waals surface area contributed by atoms with Crippen LogP contribution >= 0.6 is 0 Å². The number of fused-ring (bicyclic) bond motifs is 1. The van der Waals surface area contributed by atoms with E-state index < -0.39 is 0 Å². The summed E-state index contributed by atoms with van der Waals surface area (Å²) in [6.07, 6.45) is 5.24. The minimum Gasteiger partial charge on any atom is -0.372 e. The first-order valence-corrected chi connectivity index (χ1v) is 9.88. The first-order valence-electron chi connectivity index (χ1n) is 9.88. The smallest absolute Gasteiger partial charge is 0.198 e. The summed E-state index contributed by atoms with van der Waals surface area (Å²) in [6, 6.07) is 6.24. The molecule has 1 aromatic carbocycles. The van der Waals surface area contributed by atoms with E-state index in [-0.39, 0.29) is 5.43 Å². The molecule has 2 aromatic rings. The molecule has 0 unspecified atom stereocenters. The summed E-state index contributed by atoms with van der Waals surface area (Å²) in [7, 11) is 0. The van der Waals surface area contributed by atoms with Crippen LogP contribution in [0.2, 0.25) is 0 Å². The number of pyridine rings is 1. The number of benzene rings is 1. The predicted octanol–water partition coefficient (Wildman–Crippen LogP) is 2.64. The van der Waals surface area contributed by atoms with Crippen LogP contribution in [0.4, 0.5) is 5.69 Å². The van der Waals surface area contributed by atoms with Crippen molar-refractivity contribution in [1.82, 2.24) is 4.98 Å². The molecule has 1 aliphatic rings. The van der Waals surface area contributed by atoms with Gasteiger partial charge in [-0.2, -0.15) is 0 Å². The van der Waals surface area contributed by atoms with E-state index in [9.17, 15) is 4.79 Å². The summed E-state index contributed by atoms with van der Waals surface area (Å²) in [4.78, 5) is 20.5. The Morgan fingerprint density at radius 2 is 1.76 bits per heavy atom. The molecule has 1 saturated heterocycles. The van der Waals surface area contributed by atoms with Gasteiger partial charge in [0.15, 0.2) is 5.43 Å². The Balaban J connectivity index is 1.99. The number of quaternary nitrogens is 1. The van der Waals surface area contributed by atoms with Crippen molar-refractivity contribution in [2.24, 2.45) is 0 Å². The van der Waals surface area contributed by atoms with Gasteiger partial charge in [-0.1, -0.05) is 0 Å². The number of nitrogens with one attached hydrogen (secondary N) is 2. The van der Waals surface area contributed by atoms with Crippen LogP contribution < -0.4 is 15.2 Å². The van der Waals surface area contributed by atoms with E-state index in [4.69, 9.17) is 0 Å². The number of nitrogens with zero attached hydrogens (tertiary/aromatic N) is 1. The molecule has 136 valence electrons. The molecule has 4 nitrogen and oxygen atoms in total. The van der Waals surface area contributed by atoms with Gasteiger partial charge in [-0.3, -0.25) is 4.79 Å². The molecule has 0 amide bonds. The molecule has 1 aromatic heterocycles. The second kappa shape index (κ2) is 8.05. The van der Waals surface area contributed by atoms with Crippen LogP contribution in [-0.2, 0) is 6.54 Å². The largest absolute Gasteiger partial charge is 0.372 e. The Morgan fingerprint density at radius 1 is 1.08 bits per heavy atom. The van der Waals surface area contributed by atoms with Crippen molar-refractivity contribution >= 4 is 16.6 Å². The van der Waals surface area contributed by atoms with Gasteiger partial charge >= 0.3 is 0 Å². The average molecular weight is 343 g/mol. The van der Waals surface area contributed by atoms with Crippen LogP contribution in [0.5, 0.6) is 0 Å². The molecular weight excluding hydrogens is 310 g/mol. The van der Waals surface area contributed by atoms with Gasteiger partial charge in [-0.05, 0) is 64.7 Å². The third-order valence-corrected chi connectivity index (χ3v) is 5.66. The maximum atomic E-state index is 13.2. The minimum atomic E-state index is 0.219. The number of anilines is 1. The van der Waals surface area contributed by atoms with Crippen LogP contribution in [0.1, 0.15) is 50.8 Å². The maximum absolute atomic E-state index is 13.2. The van der Waals surface area contributed by atoms with Crippen LogP contribution in [0.25, 0.3) is 10.9 Å². The molecule has 2 heterocycles. The molecule has 2 N–H and O–H groups in total.